The number of hydrogen-bond acceptors (Lipinski definition) is 4. The van der Waals surface area contributed by atoms with E-state index in [-0.39, 0.29) is 5.56 Å². The topological polar surface area (TPSA) is 94.9 Å². The van der Waals surface area contributed by atoms with Crippen molar-refractivity contribution in [2.45, 2.75) is 6.92 Å². The van der Waals surface area contributed by atoms with Crippen LogP contribution in [0, 0.1) is 18.3 Å². The Kier molecular flexibility index (Phi) is 4.26. The van der Waals surface area contributed by atoms with Crippen molar-refractivity contribution < 1.29 is 9.59 Å². The summed E-state index contributed by atoms with van der Waals surface area (Å²) >= 11 is 0. The Balaban J connectivity index is 1.99. The second-order valence-electron chi connectivity index (χ2n) is 4.29. The zero-order chi connectivity index (χ0) is 15.2. The lowest BCUT2D eigenvalue weighted by atomic mass is 10.1. The van der Waals surface area contributed by atoms with E-state index in [0.29, 0.717) is 11.1 Å². The van der Waals surface area contributed by atoms with Gasteiger partial charge in [-0.1, -0.05) is 6.07 Å². The number of amides is 2. The van der Waals surface area contributed by atoms with Gasteiger partial charge in [-0.3, -0.25) is 25.4 Å². The van der Waals surface area contributed by atoms with Crippen LogP contribution in [0.1, 0.15) is 32.0 Å². The number of rotatable bonds is 2. The Labute approximate surface area is 121 Å². The van der Waals surface area contributed by atoms with Gasteiger partial charge in [0.2, 0.25) is 0 Å². The number of benzene rings is 1. The van der Waals surface area contributed by atoms with Gasteiger partial charge in [0.1, 0.15) is 0 Å². The van der Waals surface area contributed by atoms with Crippen LogP contribution in [-0.2, 0) is 0 Å². The molecule has 0 radical (unpaired) electrons. The average molecular weight is 280 g/mol. The van der Waals surface area contributed by atoms with Crippen LogP contribution < -0.4 is 10.9 Å². The Morgan fingerprint density at radius 1 is 1.10 bits per heavy atom. The fraction of sp³-hybridized carbons (Fsp3) is 0.0667. The molecule has 21 heavy (non-hydrogen) atoms. The number of pyridine rings is 1. The van der Waals surface area contributed by atoms with Gasteiger partial charge in [-0.25, -0.2) is 0 Å². The minimum atomic E-state index is -0.500. The van der Waals surface area contributed by atoms with Crippen molar-refractivity contribution in [3.05, 3.63) is 65.0 Å². The second kappa shape index (κ2) is 6.30. The first-order valence-corrected chi connectivity index (χ1v) is 6.13. The molecule has 6 nitrogen and oxygen atoms in total. The van der Waals surface area contributed by atoms with E-state index < -0.39 is 11.8 Å². The van der Waals surface area contributed by atoms with Gasteiger partial charge in [0.05, 0.1) is 17.2 Å². The van der Waals surface area contributed by atoms with Gasteiger partial charge < -0.3 is 0 Å². The molecule has 2 N–H and O–H groups in total. The van der Waals surface area contributed by atoms with E-state index in [9.17, 15) is 9.59 Å². The summed E-state index contributed by atoms with van der Waals surface area (Å²) in [5.74, 6) is -0.965. The number of aromatic nitrogens is 1. The zero-order valence-corrected chi connectivity index (χ0v) is 11.3. The summed E-state index contributed by atoms with van der Waals surface area (Å²) in [6.07, 6.45) is 1.42. The first kappa shape index (κ1) is 14.2. The smallest absolute Gasteiger partial charge is 0.267 e. The lowest BCUT2D eigenvalue weighted by Gasteiger charge is -2.07. The molecule has 6 heteroatoms. The van der Waals surface area contributed by atoms with E-state index in [1.165, 1.54) is 12.3 Å². The lowest BCUT2D eigenvalue weighted by molar-refractivity contribution is 0.0846. The molecule has 0 spiro atoms. The minimum absolute atomic E-state index is 0.288. The minimum Gasteiger partial charge on any atom is -0.267 e. The monoisotopic (exact) mass is 280 g/mol. The first-order valence-electron chi connectivity index (χ1n) is 6.13. The molecule has 0 aliphatic carbocycles. The molecule has 0 fully saturated rings. The van der Waals surface area contributed by atoms with Crippen molar-refractivity contribution in [3.8, 4) is 6.07 Å². The van der Waals surface area contributed by atoms with Crippen molar-refractivity contribution in [3.63, 3.8) is 0 Å². The van der Waals surface area contributed by atoms with Crippen LogP contribution in [0.15, 0.2) is 42.6 Å². The molecular formula is C15H12N4O2. The lowest BCUT2D eigenvalue weighted by Crippen LogP contribution is -2.41. The van der Waals surface area contributed by atoms with E-state index in [2.05, 4.69) is 15.8 Å². The van der Waals surface area contributed by atoms with Gasteiger partial charge in [0.25, 0.3) is 11.8 Å². The van der Waals surface area contributed by atoms with Gasteiger partial charge in [-0.2, -0.15) is 5.26 Å². The number of nitrogens with zero attached hydrogens (tertiary/aromatic N) is 2. The quantitative estimate of drug-likeness (QED) is 0.811. The third-order valence-electron chi connectivity index (χ3n) is 2.72. The highest BCUT2D eigenvalue weighted by Crippen LogP contribution is 2.03. The fourth-order valence-corrected chi connectivity index (χ4v) is 1.59. The van der Waals surface area contributed by atoms with E-state index >= 15 is 0 Å². The van der Waals surface area contributed by atoms with Crippen molar-refractivity contribution in [1.29, 1.82) is 5.26 Å². The fourth-order valence-electron chi connectivity index (χ4n) is 1.59. The predicted octanol–water partition coefficient (Wildman–Crippen LogP) is 1.34. The number of carbonyl (C=O) groups is 2. The van der Waals surface area contributed by atoms with Crippen LogP contribution in [0.2, 0.25) is 0 Å². The van der Waals surface area contributed by atoms with Crippen molar-refractivity contribution in [2.24, 2.45) is 0 Å². The number of hydrazine groups is 1. The number of nitrogens with one attached hydrogen (secondary N) is 2. The molecule has 0 bridgehead atoms. The van der Waals surface area contributed by atoms with E-state index in [1.807, 2.05) is 13.0 Å². The standard InChI is InChI=1S/C15H12N4O2/c1-10-5-6-13(9-17-10)15(21)19-18-14(20)12-4-2-3-11(7-12)8-16/h2-7,9H,1H3,(H,18,20)(H,19,21). The van der Waals surface area contributed by atoms with Gasteiger partial charge in [0.15, 0.2) is 0 Å². The Hall–Kier alpha value is -3.20. The number of nitriles is 1. The molecule has 0 saturated carbocycles. The molecule has 0 aliphatic rings. The molecule has 2 aromatic rings. The number of carbonyl (C=O) groups excluding carboxylic acids is 2. The van der Waals surface area contributed by atoms with Gasteiger partial charge in [-0.05, 0) is 37.3 Å². The van der Waals surface area contributed by atoms with Crippen LogP contribution in [-0.4, -0.2) is 16.8 Å². The third-order valence-corrected chi connectivity index (χ3v) is 2.72. The third kappa shape index (κ3) is 3.64. The highest BCUT2D eigenvalue weighted by Gasteiger charge is 2.09. The van der Waals surface area contributed by atoms with Crippen LogP contribution in [0.3, 0.4) is 0 Å². The highest BCUT2D eigenvalue weighted by atomic mass is 16.2. The molecule has 0 saturated heterocycles. The maximum absolute atomic E-state index is 11.9. The normalized spacial score (nSPS) is 9.52. The van der Waals surface area contributed by atoms with Gasteiger partial charge in [-0.15, -0.1) is 0 Å². The van der Waals surface area contributed by atoms with Crippen LogP contribution in [0.25, 0.3) is 0 Å². The van der Waals surface area contributed by atoms with Crippen LogP contribution in [0.5, 0.6) is 0 Å². The largest absolute Gasteiger partial charge is 0.271 e. The average Bonchev–Trinajstić information content (AvgIpc) is 2.53. The molecule has 0 unspecified atom stereocenters. The summed E-state index contributed by atoms with van der Waals surface area (Å²) < 4.78 is 0. The Bertz CT molecular complexity index is 717. The molecule has 1 aromatic heterocycles. The van der Waals surface area contributed by atoms with Crippen LogP contribution in [0.4, 0.5) is 0 Å². The summed E-state index contributed by atoms with van der Waals surface area (Å²) in [7, 11) is 0. The van der Waals surface area contributed by atoms with Crippen molar-refractivity contribution >= 4 is 11.8 Å². The van der Waals surface area contributed by atoms with Crippen molar-refractivity contribution in [2.75, 3.05) is 0 Å². The molecule has 1 aromatic carbocycles. The SMILES string of the molecule is Cc1ccc(C(=O)NNC(=O)c2cccc(C#N)c2)cn1. The summed E-state index contributed by atoms with van der Waals surface area (Å²) in [4.78, 5) is 27.6. The van der Waals surface area contributed by atoms with E-state index in [0.717, 1.165) is 5.69 Å². The zero-order valence-electron chi connectivity index (χ0n) is 11.3. The van der Waals surface area contributed by atoms with Gasteiger partial charge >= 0.3 is 0 Å². The van der Waals surface area contributed by atoms with Crippen LogP contribution >= 0.6 is 0 Å². The summed E-state index contributed by atoms with van der Waals surface area (Å²) in [5.41, 5.74) is 6.38. The second-order valence-corrected chi connectivity index (χ2v) is 4.29. The van der Waals surface area contributed by atoms with E-state index in [4.69, 9.17) is 5.26 Å². The van der Waals surface area contributed by atoms with Crippen molar-refractivity contribution in [1.82, 2.24) is 15.8 Å². The highest BCUT2D eigenvalue weighted by molar-refractivity contribution is 5.99. The molecule has 104 valence electrons. The maximum Gasteiger partial charge on any atom is 0.271 e. The predicted molar refractivity (Wildman–Crippen MR) is 75.1 cm³/mol. The summed E-state index contributed by atoms with van der Waals surface area (Å²) in [6, 6.07) is 11.4. The summed E-state index contributed by atoms with van der Waals surface area (Å²) in [5, 5.41) is 8.77. The molecule has 0 aliphatic heterocycles. The first-order chi connectivity index (χ1) is 10.1. The van der Waals surface area contributed by atoms with Gasteiger partial charge in [0, 0.05) is 17.5 Å². The molecule has 1 heterocycles. The van der Waals surface area contributed by atoms with E-state index in [1.54, 1.807) is 30.3 Å². The molecule has 2 amide bonds. The Morgan fingerprint density at radius 3 is 2.43 bits per heavy atom. The number of hydrogen-bond donors (Lipinski definition) is 2. The molecular weight excluding hydrogens is 268 g/mol. The Morgan fingerprint density at radius 2 is 1.81 bits per heavy atom. The molecule has 0 atom stereocenters. The maximum atomic E-state index is 11.9. The molecule has 2 rings (SSSR count). The number of aryl methyl sites for hydroxylation is 1. The summed E-state index contributed by atoms with van der Waals surface area (Å²) in [6.45, 7) is 1.81.